The molecule has 0 aliphatic heterocycles. The highest BCUT2D eigenvalue weighted by atomic mass is 35.5. The van der Waals surface area contributed by atoms with E-state index in [1.54, 1.807) is 18.2 Å². The van der Waals surface area contributed by atoms with Crippen molar-refractivity contribution in [1.82, 2.24) is 0 Å². The largest absolute Gasteiger partial charge is 0.465 e. The Labute approximate surface area is 131 Å². The van der Waals surface area contributed by atoms with Gasteiger partial charge in [-0.1, -0.05) is 23.2 Å². The molecule has 0 saturated carbocycles. The first-order chi connectivity index (χ1) is 9.51. The van der Waals surface area contributed by atoms with Crippen molar-refractivity contribution in [1.29, 1.82) is 0 Å². The first kappa shape index (κ1) is 15.2. The molecular weight excluding hydrogens is 317 g/mol. The quantitative estimate of drug-likeness (QED) is 0.801. The van der Waals surface area contributed by atoms with Gasteiger partial charge in [-0.15, -0.1) is 11.3 Å². The van der Waals surface area contributed by atoms with Crippen LogP contribution in [-0.4, -0.2) is 13.1 Å². The second kappa shape index (κ2) is 6.48. The van der Waals surface area contributed by atoms with Gasteiger partial charge in [-0.05, 0) is 42.1 Å². The van der Waals surface area contributed by atoms with Gasteiger partial charge in [-0.2, -0.15) is 0 Å². The van der Waals surface area contributed by atoms with Crippen LogP contribution in [0.2, 0.25) is 9.36 Å². The van der Waals surface area contributed by atoms with Crippen LogP contribution in [0.1, 0.15) is 28.9 Å². The predicted octanol–water partition coefficient (Wildman–Crippen LogP) is 5.01. The van der Waals surface area contributed by atoms with Crippen molar-refractivity contribution >= 4 is 46.2 Å². The first-order valence-corrected chi connectivity index (χ1v) is 7.53. The van der Waals surface area contributed by atoms with Gasteiger partial charge in [0.25, 0.3) is 0 Å². The number of halogens is 2. The Morgan fingerprint density at radius 1 is 1.35 bits per heavy atom. The second-order valence-corrected chi connectivity index (χ2v) is 6.21. The van der Waals surface area contributed by atoms with Crippen LogP contribution in [-0.2, 0) is 4.74 Å². The number of esters is 1. The van der Waals surface area contributed by atoms with E-state index in [4.69, 9.17) is 27.9 Å². The van der Waals surface area contributed by atoms with Gasteiger partial charge in [-0.25, -0.2) is 4.79 Å². The minimum Gasteiger partial charge on any atom is -0.465 e. The van der Waals surface area contributed by atoms with Gasteiger partial charge in [0.05, 0.1) is 17.0 Å². The van der Waals surface area contributed by atoms with E-state index in [0.29, 0.717) is 16.3 Å². The molecule has 1 aromatic heterocycles. The van der Waals surface area contributed by atoms with Crippen molar-refractivity contribution in [2.45, 2.75) is 13.0 Å². The van der Waals surface area contributed by atoms with E-state index in [9.17, 15) is 4.79 Å². The van der Waals surface area contributed by atoms with E-state index in [0.717, 1.165) is 9.90 Å². The maximum atomic E-state index is 11.8. The van der Waals surface area contributed by atoms with Crippen LogP contribution in [0.4, 0.5) is 5.69 Å². The van der Waals surface area contributed by atoms with E-state index in [2.05, 4.69) is 5.32 Å². The van der Waals surface area contributed by atoms with Crippen LogP contribution in [0.3, 0.4) is 0 Å². The molecule has 0 amide bonds. The lowest BCUT2D eigenvalue weighted by Crippen LogP contribution is -2.11. The summed E-state index contributed by atoms with van der Waals surface area (Å²) in [6.45, 7) is 1.99. The Morgan fingerprint density at radius 3 is 2.70 bits per heavy atom. The number of carbonyl (C=O) groups is 1. The number of thiophene rings is 1. The number of anilines is 1. The zero-order valence-electron chi connectivity index (χ0n) is 10.9. The number of nitrogens with one attached hydrogen (secondary N) is 1. The summed E-state index contributed by atoms with van der Waals surface area (Å²) in [5, 5.41) is 5.74. The summed E-state index contributed by atoms with van der Waals surface area (Å²) in [4.78, 5) is 11.8. The van der Waals surface area contributed by atoms with Crippen LogP contribution < -0.4 is 5.32 Å². The number of benzene rings is 1. The third-order valence-electron chi connectivity index (χ3n) is 2.85. The SMILES string of the molecule is COC(=O)c1cc(Cl)ccc1NC(C)c1csc(Cl)c1. The first-order valence-electron chi connectivity index (χ1n) is 5.89. The zero-order chi connectivity index (χ0) is 14.7. The van der Waals surface area contributed by atoms with Gasteiger partial charge >= 0.3 is 5.97 Å². The molecule has 1 N–H and O–H groups in total. The van der Waals surface area contributed by atoms with Gasteiger partial charge < -0.3 is 10.1 Å². The molecule has 2 aromatic rings. The number of carbonyl (C=O) groups excluding carboxylic acids is 1. The molecule has 1 heterocycles. The maximum absolute atomic E-state index is 11.8. The fourth-order valence-corrected chi connectivity index (χ4v) is 2.94. The summed E-state index contributed by atoms with van der Waals surface area (Å²) in [5.74, 6) is -0.425. The standard InChI is InChI=1S/C14H13Cl2NO2S/c1-8(9-5-13(16)20-7-9)17-12-4-3-10(15)6-11(12)14(18)19-2/h3-8,17H,1-2H3. The van der Waals surface area contributed by atoms with Crippen molar-refractivity contribution in [3.63, 3.8) is 0 Å². The fourth-order valence-electron chi connectivity index (χ4n) is 1.79. The summed E-state index contributed by atoms with van der Waals surface area (Å²) in [6.07, 6.45) is 0. The number of hydrogen-bond acceptors (Lipinski definition) is 4. The van der Waals surface area contributed by atoms with Crippen LogP contribution in [0.25, 0.3) is 0 Å². The Hall–Kier alpha value is -1.23. The van der Waals surface area contributed by atoms with Crippen LogP contribution in [0, 0.1) is 0 Å². The Balaban J connectivity index is 2.26. The van der Waals surface area contributed by atoms with Gasteiger partial charge in [0.15, 0.2) is 0 Å². The molecule has 0 spiro atoms. The van der Waals surface area contributed by atoms with E-state index < -0.39 is 5.97 Å². The normalized spacial score (nSPS) is 12.0. The maximum Gasteiger partial charge on any atom is 0.340 e. The molecule has 0 radical (unpaired) electrons. The molecular formula is C14H13Cl2NO2S. The lowest BCUT2D eigenvalue weighted by molar-refractivity contribution is 0.0602. The molecule has 0 aliphatic rings. The Bertz CT molecular complexity index is 627. The highest BCUT2D eigenvalue weighted by Crippen LogP contribution is 2.29. The molecule has 6 heteroatoms. The minimum absolute atomic E-state index is 0.0170. The van der Waals surface area contributed by atoms with Crippen molar-refractivity contribution in [3.8, 4) is 0 Å². The molecule has 20 heavy (non-hydrogen) atoms. The molecule has 3 nitrogen and oxygen atoms in total. The molecule has 1 unspecified atom stereocenters. The fraction of sp³-hybridized carbons (Fsp3) is 0.214. The van der Waals surface area contributed by atoms with E-state index in [1.807, 2.05) is 18.4 Å². The third-order valence-corrected chi connectivity index (χ3v) is 4.19. The molecule has 106 valence electrons. The third kappa shape index (κ3) is 3.45. The molecule has 0 saturated heterocycles. The average Bonchev–Trinajstić information content (AvgIpc) is 2.86. The van der Waals surface area contributed by atoms with Crippen LogP contribution in [0.5, 0.6) is 0 Å². The molecule has 0 fully saturated rings. The molecule has 0 aliphatic carbocycles. The van der Waals surface area contributed by atoms with Gasteiger partial charge in [0.1, 0.15) is 0 Å². The van der Waals surface area contributed by atoms with Crippen molar-refractivity contribution in [3.05, 3.63) is 50.1 Å². The van der Waals surface area contributed by atoms with Crippen molar-refractivity contribution in [2.24, 2.45) is 0 Å². The molecule has 1 atom stereocenters. The summed E-state index contributed by atoms with van der Waals surface area (Å²) in [5.41, 5.74) is 2.15. The monoisotopic (exact) mass is 329 g/mol. The topological polar surface area (TPSA) is 38.3 Å². The highest BCUT2D eigenvalue weighted by molar-refractivity contribution is 7.14. The van der Waals surface area contributed by atoms with E-state index >= 15 is 0 Å². The van der Waals surface area contributed by atoms with Crippen molar-refractivity contribution in [2.75, 3.05) is 12.4 Å². The smallest absolute Gasteiger partial charge is 0.340 e. The molecule has 0 bridgehead atoms. The lowest BCUT2D eigenvalue weighted by Gasteiger charge is -2.16. The summed E-state index contributed by atoms with van der Waals surface area (Å²) >= 11 is 13.3. The minimum atomic E-state index is -0.425. The highest BCUT2D eigenvalue weighted by Gasteiger charge is 2.15. The van der Waals surface area contributed by atoms with Gasteiger partial charge in [0.2, 0.25) is 0 Å². The van der Waals surface area contributed by atoms with E-state index in [1.165, 1.54) is 18.4 Å². The zero-order valence-corrected chi connectivity index (χ0v) is 13.3. The molecule has 2 rings (SSSR count). The van der Waals surface area contributed by atoms with E-state index in [-0.39, 0.29) is 6.04 Å². The second-order valence-electron chi connectivity index (χ2n) is 4.23. The summed E-state index contributed by atoms with van der Waals surface area (Å²) in [6, 6.07) is 6.99. The average molecular weight is 330 g/mol. The Kier molecular flexibility index (Phi) is 4.91. The number of methoxy groups -OCH3 is 1. The van der Waals surface area contributed by atoms with Crippen LogP contribution >= 0.6 is 34.5 Å². The number of ether oxygens (including phenoxy) is 1. The number of rotatable bonds is 4. The molecule has 1 aromatic carbocycles. The van der Waals surface area contributed by atoms with Gasteiger partial charge in [-0.3, -0.25) is 0 Å². The lowest BCUT2D eigenvalue weighted by atomic mass is 10.1. The predicted molar refractivity (Wildman–Crippen MR) is 84.2 cm³/mol. The summed E-state index contributed by atoms with van der Waals surface area (Å²) in [7, 11) is 1.34. The van der Waals surface area contributed by atoms with Gasteiger partial charge in [0, 0.05) is 16.8 Å². The van der Waals surface area contributed by atoms with Crippen LogP contribution in [0.15, 0.2) is 29.6 Å². The Morgan fingerprint density at radius 2 is 2.10 bits per heavy atom. The van der Waals surface area contributed by atoms with Crippen molar-refractivity contribution < 1.29 is 9.53 Å². The summed E-state index contributed by atoms with van der Waals surface area (Å²) < 4.78 is 5.50. The number of hydrogen-bond donors (Lipinski definition) is 1.